The highest BCUT2D eigenvalue weighted by atomic mass is 16.5. The molecule has 0 N–H and O–H groups in total. The topological polar surface area (TPSA) is 40.6 Å². The SMILES string of the molecule is [C-]#[N+]/C(C#N)=C1\C=C(C)OC(/C=C/c2ccc(N(CC)CC)cc2)=C1. The van der Waals surface area contributed by atoms with Gasteiger partial charge in [-0.05, 0) is 62.3 Å². The van der Waals surface area contributed by atoms with Gasteiger partial charge in [0.1, 0.15) is 11.5 Å². The van der Waals surface area contributed by atoms with E-state index in [0.717, 1.165) is 18.7 Å². The van der Waals surface area contributed by atoms with Crippen molar-refractivity contribution in [2.45, 2.75) is 20.8 Å². The Labute approximate surface area is 149 Å². The molecular formula is C21H21N3O. The molecule has 0 bridgehead atoms. The molecule has 2 rings (SSSR count). The van der Waals surface area contributed by atoms with Gasteiger partial charge in [0.05, 0.1) is 12.6 Å². The van der Waals surface area contributed by atoms with Gasteiger partial charge in [0.25, 0.3) is 5.70 Å². The summed E-state index contributed by atoms with van der Waals surface area (Å²) >= 11 is 0. The maximum atomic E-state index is 9.03. The first-order valence-corrected chi connectivity index (χ1v) is 8.24. The van der Waals surface area contributed by atoms with Gasteiger partial charge in [0.2, 0.25) is 0 Å². The average molecular weight is 331 g/mol. The van der Waals surface area contributed by atoms with E-state index >= 15 is 0 Å². The number of anilines is 1. The van der Waals surface area contributed by atoms with E-state index in [4.69, 9.17) is 16.6 Å². The number of hydrogen-bond acceptors (Lipinski definition) is 3. The van der Waals surface area contributed by atoms with Gasteiger partial charge in [0.15, 0.2) is 0 Å². The lowest BCUT2D eigenvalue weighted by molar-refractivity contribution is 0.318. The number of nitriles is 1. The zero-order chi connectivity index (χ0) is 18.2. The summed E-state index contributed by atoms with van der Waals surface area (Å²) in [5.41, 5.74) is 2.91. The van der Waals surface area contributed by atoms with E-state index in [1.165, 1.54) is 5.69 Å². The van der Waals surface area contributed by atoms with Crippen LogP contribution in [0.4, 0.5) is 5.69 Å². The predicted molar refractivity (Wildman–Crippen MR) is 101 cm³/mol. The first-order valence-electron chi connectivity index (χ1n) is 8.24. The minimum absolute atomic E-state index is 0.0668. The van der Waals surface area contributed by atoms with E-state index in [9.17, 15) is 0 Å². The zero-order valence-corrected chi connectivity index (χ0v) is 14.8. The smallest absolute Gasteiger partial charge is 0.269 e. The highest BCUT2D eigenvalue weighted by molar-refractivity contribution is 5.59. The van der Waals surface area contributed by atoms with Crippen LogP contribution in [0.25, 0.3) is 10.9 Å². The molecule has 4 nitrogen and oxygen atoms in total. The number of ether oxygens (including phenoxy) is 1. The third kappa shape index (κ3) is 4.62. The second-order valence-electron chi connectivity index (χ2n) is 5.53. The summed E-state index contributed by atoms with van der Waals surface area (Å²) in [5, 5.41) is 9.03. The molecule has 0 aromatic heterocycles. The lowest BCUT2D eigenvalue weighted by Gasteiger charge is -2.20. The van der Waals surface area contributed by atoms with Crippen LogP contribution in [0, 0.1) is 17.9 Å². The molecule has 0 atom stereocenters. The van der Waals surface area contributed by atoms with Crippen LogP contribution in [-0.2, 0) is 4.74 Å². The normalized spacial score (nSPS) is 15.6. The van der Waals surface area contributed by atoms with Crippen LogP contribution in [0.3, 0.4) is 0 Å². The third-order valence-corrected chi connectivity index (χ3v) is 3.89. The van der Waals surface area contributed by atoms with Gasteiger partial charge in [-0.15, -0.1) is 0 Å². The van der Waals surface area contributed by atoms with Gasteiger partial charge in [-0.3, -0.25) is 0 Å². The molecule has 0 fully saturated rings. The van der Waals surface area contributed by atoms with Crippen molar-refractivity contribution < 1.29 is 4.74 Å². The Morgan fingerprint density at radius 2 is 1.88 bits per heavy atom. The fourth-order valence-electron chi connectivity index (χ4n) is 2.60. The first-order chi connectivity index (χ1) is 12.1. The molecule has 0 spiro atoms. The number of hydrogen-bond donors (Lipinski definition) is 0. The molecule has 1 aromatic carbocycles. The Hall–Kier alpha value is -3.24. The molecule has 0 aliphatic carbocycles. The molecule has 1 aliphatic heterocycles. The summed E-state index contributed by atoms with van der Waals surface area (Å²) < 4.78 is 5.65. The molecule has 1 aliphatic rings. The monoisotopic (exact) mass is 331 g/mol. The predicted octanol–water partition coefficient (Wildman–Crippen LogP) is 5.06. The Morgan fingerprint density at radius 1 is 1.20 bits per heavy atom. The van der Waals surface area contributed by atoms with Crippen LogP contribution < -0.4 is 4.90 Å². The van der Waals surface area contributed by atoms with Crippen LogP contribution >= 0.6 is 0 Å². The summed E-state index contributed by atoms with van der Waals surface area (Å²) in [6, 6.07) is 10.2. The number of benzene rings is 1. The van der Waals surface area contributed by atoms with Crippen molar-refractivity contribution in [3.8, 4) is 6.07 Å². The van der Waals surface area contributed by atoms with E-state index < -0.39 is 0 Å². The van der Waals surface area contributed by atoms with Crippen LogP contribution in [0.5, 0.6) is 0 Å². The van der Waals surface area contributed by atoms with Gasteiger partial charge >= 0.3 is 0 Å². The average Bonchev–Trinajstić information content (AvgIpc) is 2.63. The van der Waals surface area contributed by atoms with Crippen molar-refractivity contribution in [1.82, 2.24) is 0 Å². The molecular weight excluding hydrogens is 310 g/mol. The minimum Gasteiger partial charge on any atom is -0.462 e. The minimum atomic E-state index is 0.0668. The standard InChI is InChI=1S/C21H21N3O/c1-5-24(6-2)19-10-7-17(8-11-19)9-12-20-14-18(13-16(3)25-20)21(15-22)23-4/h7-14H,5-6H2,1-3H3/b12-9+,21-18+. The van der Waals surface area contributed by atoms with Gasteiger partial charge < -0.3 is 9.64 Å². The summed E-state index contributed by atoms with van der Waals surface area (Å²) in [4.78, 5) is 5.55. The fourth-order valence-corrected chi connectivity index (χ4v) is 2.60. The summed E-state index contributed by atoms with van der Waals surface area (Å²) in [6.07, 6.45) is 7.22. The van der Waals surface area contributed by atoms with Gasteiger partial charge in [-0.2, -0.15) is 0 Å². The van der Waals surface area contributed by atoms with Crippen molar-refractivity contribution in [2.24, 2.45) is 0 Å². The third-order valence-electron chi connectivity index (χ3n) is 3.89. The number of rotatable bonds is 5. The second-order valence-corrected chi connectivity index (χ2v) is 5.53. The van der Waals surface area contributed by atoms with Crippen LogP contribution in [0.15, 0.2) is 65.3 Å². The van der Waals surface area contributed by atoms with E-state index in [1.807, 2.05) is 18.2 Å². The van der Waals surface area contributed by atoms with E-state index in [0.29, 0.717) is 17.1 Å². The van der Waals surface area contributed by atoms with Crippen molar-refractivity contribution in [1.29, 1.82) is 5.26 Å². The summed E-state index contributed by atoms with van der Waals surface area (Å²) in [5.74, 6) is 1.27. The molecule has 1 heterocycles. The van der Waals surface area contributed by atoms with Crippen molar-refractivity contribution in [3.05, 3.63) is 82.3 Å². The van der Waals surface area contributed by atoms with Crippen LogP contribution in [0.1, 0.15) is 26.3 Å². The Kier molecular flexibility index (Phi) is 6.20. The highest BCUT2D eigenvalue weighted by Crippen LogP contribution is 2.23. The molecule has 4 heteroatoms. The maximum absolute atomic E-state index is 9.03. The first kappa shape index (κ1) is 18.1. The largest absolute Gasteiger partial charge is 0.462 e. The van der Waals surface area contributed by atoms with Gasteiger partial charge in [-0.25, -0.2) is 10.1 Å². The van der Waals surface area contributed by atoms with Crippen molar-refractivity contribution in [3.63, 3.8) is 0 Å². The molecule has 0 saturated carbocycles. The molecule has 126 valence electrons. The lowest BCUT2D eigenvalue weighted by Crippen LogP contribution is -2.21. The molecule has 0 radical (unpaired) electrons. The van der Waals surface area contributed by atoms with E-state index in [-0.39, 0.29) is 5.70 Å². The number of allylic oxidation sites excluding steroid dienone is 6. The Bertz CT molecular complexity index is 807. The molecule has 25 heavy (non-hydrogen) atoms. The highest BCUT2D eigenvalue weighted by Gasteiger charge is 2.10. The fraction of sp³-hybridized carbons (Fsp3) is 0.238. The second kappa shape index (κ2) is 8.57. The van der Waals surface area contributed by atoms with Crippen molar-refractivity contribution in [2.75, 3.05) is 18.0 Å². The summed E-state index contributed by atoms with van der Waals surface area (Å²) in [7, 11) is 0. The quantitative estimate of drug-likeness (QED) is 0.559. The zero-order valence-electron chi connectivity index (χ0n) is 14.8. The molecule has 0 saturated heterocycles. The van der Waals surface area contributed by atoms with E-state index in [1.54, 1.807) is 19.1 Å². The molecule has 0 amide bonds. The van der Waals surface area contributed by atoms with Gasteiger partial charge in [0, 0.05) is 18.8 Å². The Morgan fingerprint density at radius 3 is 2.44 bits per heavy atom. The van der Waals surface area contributed by atoms with Crippen LogP contribution in [-0.4, -0.2) is 13.1 Å². The van der Waals surface area contributed by atoms with Gasteiger partial charge in [-0.1, -0.05) is 18.2 Å². The lowest BCUT2D eigenvalue weighted by atomic mass is 10.1. The molecule has 1 aromatic rings. The summed E-state index contributed by atoms with van der Waals surface area (Å²) in [6.45, 7) is 15.1. The molecule has 0 unspecified atom stereocenters. The van der Waals surface area contributed by atoms with E-state index in [2.05, 4.69) is 47.9 Å². The maximum Gasteiger partial charge on any atom is 0.269 e. The number of nitrogens with zero attached hydrogens (tertiary/aromatic N) is 3. The Balaban J connectivity index is 2.21. The van der Waals surface area contributed by atoms with Crippen LogP contribution in [0.2, 0.25) is 0 Å². The van der Waals surface area contributed by atoms with Crippen molar-refractivity contribution >= 4 is 11.8 Å².